The van der Waals surface area contributed by atoms with E-state index >= 15 is 0 Å². The Bertz CT molecular complexity index is 3260. The maximum Gasteiger partial charge on any atom is 0.160 e. The van der Waals surface area contributed by atoms with Gasteiger partial charge in [0.2, 0.25) is 0 Å². The van der Waals surface area contributed by atoms with Gasteiger partial charge in [0.1, 0.15) is 0 Å². The van der Waals surface area contributed by atoms with E-state index in [1.807, 2.05) is 30.5 Å². The predicted octanol–water partition coefficient (Wildman–Crippen LogP) is 15.0. The first-order chi connectivity index (χ1) is 30.0. The molecule has 288 valence electrons. The van der Waals surface area contributed by atoms with Gasteiger partial charge in [0, 0.05) is 34.5 Å². The van der Waals surface area contributed by atoms with Crippen molar-refractivity contribution in [1.82, 2.24) is 15.0 Å². The predicted molar refractivity (Wildman–Crippen MR) is 253 cm³/mol. The molecule has 0 bridgehead atoms. The van der Waals surface area contributed by atoms with Crippen LogP contribution in [0.15, 0.2) is 213 Å². The fraction of sp³-hybridized carbons (Fsp3) is 0.0517. The molecule has 11 rings (SSSR count). The summed E-state index contributed by atoms with van der Waals surface area (Å²) in [7, 11) is 0. The van der Waals surface area contributed by atoms with Gasteiger partial charge in [-0.05, 0) is 114 Å². The van der Waals surface area contributed by atoms with E-state index < -0.39 is 0 Å². The molecule has 0 fully saturated rings. The molecule has 10 aromatic rings. The lowest BCUT2D eigenvalue weighted by atomic mass is 9.80. The van der Waals surface area contributed by atoms with Gasteiger partial charge in [-0.3, -0.25) is 4.98 Å². The van der Waals surface area contributed by atoms with E-state index in [0.29, 0.717) is 5.82 Å². The summed E-state index contributed by atoms with van der Waals surface area (Å²) in [6.07, 6.45) is 3.69. The van der Waals surface area contributed by atoms with E-state index in [9.17, 15) is 0 Å². The van der Waals surface area contributed by atoms with E-state index in [-0.39, 0.29) is 5.41 Å². The second kappa shape index (κ2) is 14.8. The third-order valence-electron chi connectivity index (χ3n) is 12.4. The zero-order chi connectivity index (χ0) is 40.9. The van der Waals surface area contributed by atoms with E-state index in [1.54, 1.807) is 6.20 Å². The molecule has 0 radical (unpaired) electrons. The van der Waals surface area contributed by atoms with Crippen LogP contribution >= 0.6 is 0 Å². The molecule has 0 saturated carbocycles. The Hall–Kier alpha value is -7.75. The molecule has 0 spiro atoms. The molecule has 1 aliphatic rings. The van der Waals surface area contributed by atoms with Crippen LogP contribution in [0.5, 0.6) is 0 Å². The number of fused-ring (bicyclic) bond motifs is 5. The summed E-state index contributed by atoms with van der Waals surface area (Å²) in [5, 5.41) is 2.64. The highest BCUT2D eigenvalue weighted by atomic mass is 14.9. The first-order valence-electron chi connectivity index (χ1n) is 20.9. The van der Waals surface area contributed by atoms with Gasteiger partial charge in [0.25, 0.3) is 0 Å². The Morgan fingerprint density at radius 3 is 1.57 bits per heavy atom. The van der Waals surface area contributed by atoms with Gasteiger partial charge in [-0.1, -0.05) is 178 Å². The van der Waals surface area contributed by atoms with Crippen LogP contribution in [-0.2, 0) is 5.41 Å². The zero-order valence-corrected chi connectivity index (χ0v) is 34.0. The summed E-state index contributed by atoms with van der Waals surface area (Å²) in [5.41, 5.74) is 19.5. The normalized spacial score (nSPS) is 12.6. The summed E-state index contributed by atoms with van der Waals surface area (Å²) in [4.78, 5) is 14.5. The smallest absolute Gasteiger partial charge is 0.160 e. The molecule has 0 N–H and O–H groups in total. The van der Waals surface area contributed by atoms with Gasteiger partial charge in [0.05, 0.1) is 11.4 Å². The molecule has 61 heavy (non-hydrogen) atoms. The van der Waals surface area contributed by atoms with Crippen molar-refractivity contribution in [3.63, 3.8) is 0 Å². The largest absolute Gasteiger partial charge is 0.264 e. The van der Waals surface area contributed by atoms with E-state index in [0.717, 1.165) is 50.3 Å². The van der Waals surface area contributed by atoms with E-state index in [2.05, 4.69) is 195 Å². The zero-order valence-electron chi connectivity index (χ0n) is 34.0. The minimum atomic E-state index is -0.0725. The fourth-order valence-corrected chi connectivity index (χ4v) is 9.24. The number of nitrogens with zero attached hydrogens (tertiary/aromatic N) is 3. The molecule has 0 amide bonds. The highest BCUT2D eigenvalue weighted by molar-refractivity contribution is 5.98. The molecule has 0 saturated heterocycles. The Balaban J connectivity index is 0.925. The highest BCUT2D eigenvalue weighted by Gasteiger charge is 2.37. The first-order valence-corrected chi connectivity index (χ1v) is 20.9. The van der Waals surface area contributed by atoms with Crippen LogP contribution in [0.1, 0.15) is 25.0 Å². The second-order valence-corrected chi connectivity index (χ2v) is 16.5. The summed E-state index contributed by atoms with van der Waals surface area (Å²) in [6.45, 7) is 4.73. The molecule has 8 aromatic carbocycles. The monoisotopic (exact) mass is 779 g/mol. The van der Waals surface area contributed by atoms with Crippen LogP contribution in [0.25, 0.3) is 100 Å². The summed E-state index contributed by atoms with van der Waals surface area (Å²) in [6, 6.07) is 71.8. The van der Waals surface area contributed by atoms with Gasteiger partial charge < -0.3 is 0 Å². The SMILES string of the molecule is CC1(C)c2ccc(-c3cccc(-c4cccc(-c5cccc(-c6cc(-c7ccc(-c8cccnc8)cc7)nc(-c7ccccc7)n6)c5)c4)c3)cc2-c2ccc3ccccc3c21. The van der Waals surface area contributed by atoms with Gasteiger partial charge in [-0.15, -0.1) is 0 Å². The Morgan fingerprint density at radius 1 is 0.361 bits per heavy atom. The van der Waals surface area contributed by atoms with Gasteiger partial charge >= 0.3 is 0 Å². The Morgan fingerprint density at radius 2 is 0.902 bits per heavy atom. The van der Waals surface area contributed by atoms with Crippen molar-refractivity contribution in [2.24, 2.45) is 0 Å². The molecule has 2 aromatic heterocycles. The van der Waals surface area contributed by atoms with Crippen molar-refractivity contribution in [2.45, 2.75) is 19.3 Å². The number of rotatable bonds is 7. The van der Waals surface area contributed by atoms with E-state index in [4.69, 9.17) is 9.97 Å². The van der Waals surface area contributed by atoms with Gasteiger partial charge in [-0.2, -0.15) is 0 Å². The molecule has 0 unspecified atom stereocenters. The number of benzene rings is 8. The maximum absolute atomic E-state index is 5.14. The summed E-state index contributed by atoms with van der Waals surface area (Å²) < 4.78 is 0. The molecule has 3 heteroatoms. The molecule has 1 aliphatic carbocycles. The first kappa shape index (κ1) is 36.3. The van der Waals surface area contributed by atoms with Crippen LogP contribution in [0, 0.1) is 0 Å². The average molecular weight is 780 g/mol. The Labute approximate surface area is 356 Å². The summed E-state index contributed by atoms with van der Waals surface area (Å²) >= 11 is 0. The van der Waals surface area contributed by atoms with Crippen molar-refractivity contribution in [1.29, 1.82) is 0 Å². The number of pyridine rings is 1. The lowest BCUT2D eigenvalue weighted by molar-refractivity contribution is 0.666. The minimum absolute atomic E-state index is 0.0725. The highest BCUT2D eigenvalue weighted by Crippen LogP contribution is 2.52. The lowest BCUT2D eigenvalue weighted by Crippen LogP contribution is -2.15. The van der Waals surface area contributed by atoms with Crippen molar-refractivity contribution in [3.05, 3.63) is 224 Å². The third-order valence-corrected chi connectivity index (χ3v) is 12.4. The molecule has 3 nitrogen and oxygen atoms in total. The standard InChI is InChI=1S/C58H41N3/c1-58(2)53-30-28-47(35-52(53)51-29-27-39-12-6-7-22-50(39)56(51)58)45-18-9-16-43(33-45)42-15-8-17-44(32-42)46-19-10-20-48(34-46)55-36-54(60-57(61-55)41-13-4-3-5-14-41)40-25-23-38(24-26-40)49-21-11-31-59-37-49/h3-37H,1-2H3. The lowest BCUT2D eigenvalue weighted by Gasteiger charge is -2.23. The van der Waals surface area contributed by atoms with Gasteiger partial charge in [-0.25, -0.2) is 9.97 Å². The molecule has 2 heterocycles. The van der Waals surface area contributed by atoms with E-state index in [1.165, 1.54) is 55.3 Å². The average Bonchev–Trinajstić information content (AvgIpc) is 3.57. The van der Waals surface area contributed by atoms with Crippen molar-refractivity contribution >= 4 is 10.8 Å². The fourth-order valence-electron chi connectivity index (χ4n) is 9.24. The van der Waals surface area contributed by atoms with Crippen molar-refractivity contribution < 1.29 is 0 Å². The van der Waals surface area contributed by atoms with Crippen LogP contribution < -0.4 is 0 Å². The topological polar surface area (TPSA) is 38.7 Å². The number of aromatic nitrogens is 3. The minimum Gasteiger partial charge on any atom is -0.264 e. The molecular formula is C58H41N3. The van der Waals surface area contributed by atoms with Crippen LogP contribution in [0.4, 0.5) is 0 Å². The molecule has 0 atom stereocenters. The quantitative estimate of drug-likeness (QED) is 0.162. The van der Waals surface area contributed by atoms with Crippen LogP contribution in [0.2, 0.25) is 0 Å². The van der Waals surface area contributed by atoms with Gasteiger partial charge in [0.15, 0.2) is 5.82 Å². The molecule has 0 aliphatic heterocycles. The Kier molecular flexibility index (Phi) is 8.82. The van der Waals surface area contributed by atoms with Crippen LogP contribution in [-0.4, -0.2) is 15.0 Å². The number of hydrogen-bond donors (Lipinski definition) is 0. The number of hydrogen-bond acceptors (Lipinski definition) is 3. The maximum atomic E-state index is 5.14. The van der Waals surface area contributed by atoms with Crippen LogP contribution in [0.3, 0.4) is 0 Å². The third kappa shape index (κ3) is 6.61. The summed E-state index contributed by atoms with van der Waals surface area (Å²) in [5.74, 6) is 0.696. The molecular weight excluding hydrogens is 739 g/mol. The van der Waals surface area contributed by atoms with Crippen molar-refractivity contribution in [3.8, 4) is 89.5 Å². The second-order valence-electron chi connectivity index (χ2n) is 16.5. The van der Waals surface area contributed by atoms with Crippen molar-refractivity contribution in [2.75, 3.05) is 0 Å².